The second-order valence-electron chi connectivity index (χ2n) is 8.44. The number of nitrogens with one attached hydrogen (secondary N) is 3. The highest BCUT2D eigenvalue weighted by Crippen LogP contribution is 2.35. The molecule has 0 radical (unpaired) electrons. The van der Waals surface area contributed by atoms with E-state index in [1.165, 1.54) is 33.5 Å². The smallest absolute Gasteiger partial charge is 0.337 e. The number of benzene rings is 2. The van der Waals surface area contributed by atoms with Gasteiger partial charge in [-0.3, -0.25) is 15.5 Å². The first-order valence-electron chi connectivity index (χ1n) is 12.3. The zero-order valence-corrected chi connectivity index (χ0v) is 23.0. The molecule has 1 heterocycles. The Hall–Kier alpha value is -5.05. The zero-order valence-electron chi connectivity index (χ0n) is 23.0. The molecule has 2 amide bonds. The fraction of sp³-hybridized carbons (Fsp3) is 0.346. The van der Waals surface area contributed by atoms with Crippen LogP contribution in [-0.2, 0) is 9.53 Å². The highest BCUT2D eigenvalue weighted by molar-refractivity contribution is 5.95. The number of nitro benzene ring substituents is 1. The minimum Gasteiger partial charge on any atom is -0.493 e. The highest BCUT2D eigenvalue weighted by atomic mass is 16.6. The van der Waals surface area contributed by atoms with E-state index in [2.05, 4.69) is 21.2 Å². The molecular weight excluding hydrogens is 542 g/mol. The molecule has 0 saturated carbocycles. The number of ether oxygens (including phenoxy) is 5. The quantitative estimate of drug-likeness (QED) is 0.0902. The van der Waals surface area contributed by atoms with E-state index in [-0.39, 0.29) is 47.3 Å². The van der Waals surface area contributed by atoms with Gasteiger partial charge in [0.25, 0.3) is 5.69 Å². The first-order chi connectivity index (χ1) is 19.6. The summed E-state index contributed by atoms with van der Waals surface area (Å²) < 4.78 is 26.5. The SMILES string of the molecule is CCOc1cc([C@@H]2NC(=O)NC(C)=C2C(=O)OC)ccc1OC[C@H](O)N/N=C\c1cc(OC)c(OC)cc1[N+](=O)[O-]. The second-order valence-corrected chi connectivity index (χ2v) is 8.44. The number of aliphatic hydroxyl groups is 1. The second kappa shape index (κ2) is 13.8. The standard InChI is InChI=1S/C26H31N5O10/c1-6-40-21-9-15(24-23(25(33)39-5)14(2)28-26(34)29-24)7-8-18(21)41-13-22(32)30-27-12-16-10-19(37-3)20(38-4)11-17(16)31(35)36/h7-12,22,24,30,32H,6,13H2,1-5H3,(H2,28,29,34)/b27-12-/t22-,24-/m0/s1. The lowest BCUT2D eigenvalue weighted by atomic mass is 9.95. The van der Waals surface area contributed by atoms with Gasteiger partial charge >= 0.3 is 12.0 Å². The number of amides is 2. The lowest BCUT2D eigenvalue weighted by Crippen LogP contribution is -2.45. The third kappa shape index (κ3) is 7.33. The molecular formula is C26H31N5O10. The molecule has 4 N–H and O–H groups in total. The molecule has 220 valence electrons. The Morgan fingerprint density at radius 2 is 1.85 bits per heavy atom. The largest absolute Gasteiger partial charge is 0.493 e. The number of aliphatic hydroxyl groups excluding tert-OH is 1. The normalized spacial score (nSPS) is 15.5. The Labute approximate surface area is 235 Å². The van der Waals surface area contributed by atoms with E-state index >= 15 is 0 Å². The van der Waals surface area contributed by atoms with E-state index in [1.54, 1.807) is 32.0 Å². The summed E-state index contributed by atoms with van der Waals surface area (Å²) in [4.78, 5) is 35.4. The van der Waals surface area contributed by atoms with Crippen LogP contribution >= 0.6 is 0 Å². The van der Waals surface area contributed by atoms with Crippen molar-refractivity contribution in [3.8, 4) is 23.0 Å². The molecule has 0 aliphatic carbocycles. The predicted octanol–water partition coefficient (Wildman–Crippen LogP) is 2.13. The van der Waals surface area contributed by atoms with Crippen molar-refractivity contribution in [1.29, 1.82) is 0 Å². The van der Waals surface area contributed by atoms with E-state index in [9.17, 15) is 24.8 Å². The Morgan fingerprint density at radius 3 is 2.49 bits per heavy atom. The lowest BCUT2D eigenvalue weighted by molar-refractivity contribution is -0.385. The topological polar surface area (TPSA) is 192 Å². The average molecular weight is 574 g/mol. The van der Waals surface area contributed by atoms with Crippen LogP contribution in [0.4, 0.5) is 10.5 Å². The Kier molecular flexibility index (Phi) is 10.3. The maximum atomic E-state index is 12.4. The number of rotatable bonds is 13. The molecule has 0 fully saturated rings. The molecule has 0 spiro atoms. The number of methoxy groups -OCH3 is 3. The summed E-state index contributed by atoms with van der Waals surface area (Å²) in [6.45, 7) is 3.37. The summed E-state index contributed by atoms with van der Waals surface area (Å²) in [6, 6.07) is 6.13. The first-order valence-corrected chi connectivity index (χ1v) is 12.3. The average Bonchev–Trinajstić information content (AvgIpc) is 2.95. The van der Waals surface area contributed by atoms with Gasteiger partial charge in [0.2, 0.25) is 0 Å². The van der Waals surface area contributed by atoms with Gasteiger partial charge in [0.1, 0.15) is 6.61 Å². The van der Waals surface area contributed by atoms with Crippen molar-refractivity contribution >= 4 is 23.9 Å². The number of allylic oxidation sites excluding steroid dienone is 1. The van der Waals surface area contributed by atoms with Crippen molar-refractivity contribution in [2.45, 2.75) is 26.1 Å². The molecule has 2 atom stereocenters. The minimum absolute atomic E-state index is 0.114. The van der Waals surface area contributed by atoms with E-state index in [4.69, 9.17) is 23.7 Å². The third-order valence-electron chi connectivity index (χ3n) is 5.83. The summed E-state index contributed by atoms with van der Waals surface area (Å²) in [5.41, 5.74) is 3.40. The van der Waals surface area contributed by atoms with Gasteiger partial charge in [0.15, 0.2) is 29.2 Å². The van der Waals surface area contributed by atoms with Gasteiger partial charge < -0.3 is 39.4 Å². The van der Waals surface area contributed by atoms with Gasteiger partial charge in [-0.15, -0.1) is 0 Å². The number of hydrogen-bond donors (Lipinski definition) is 4. The highest BCUT2D eigenvalue weighted by Gasteiger charge is 2.32. The van der Waals surface area contributed by atoms with E-state index in [0.29, 0.717) is 17.0 Å². The molecule has 41 heavy (non-hydrogen) atoms. The number of carbonyl (C=O) groups is 2. The van der Waals surface area contributed by atoms with Crippen molar-refractivity contribution < 1.29 is 43.3 Å². The lowest BCUT2D eigenvalue weighted by Gasteiger charge is -2.28. The number of urea groups is 1. The summed E-state index contributed by atoms with van der Waals surface area (Å²) >= 11 is 0. The zero-order chi connectivity index (χ0) is 30.1. The van der Waals surface area contributed by atoms with Crippen LogP contribution in [0, 0.1) is 10.1 Å². The molecule has 0 aromatic heterocycles. The molecule has 2 aromatic rings. The fourth-order valence-electron chi connectivity index (χ4n) is 3.96. The molecule has 1 aliphatic heterocycles. The molecule has 0 unspecified atom stereocenters. The Morgan fingerprint density at radius 1 is 1.15 bits per heavy atom. The maximum Gasteiger partial charge on any atom is 0.337 e. The van der Waals surface area contributed by atoms with Crippen LogP contribution in [0.3, 0.4) is 0 Å². The maximum absolute atomic E-state index is 12.4. The van der Waals surface area contributed by atoms with Crippen LogP contribution in [-0.4, -0.2) is 69.0 Å². The number of hydrazone groups is 1. The van der Waals surface area contributed by atoms with Crippen molar-refractivity contribution in [1.82, 2.24) is 16.1 Å². The van der Waals surface area contributed by atoms with Crippen LogP contribution in [0.1, 0.15) is 31.0 Å². The van der Waals surface area contributed by atoms with Crippen LogP contribution in [0.15, 0.2) is 46.7 Å². The van der Waals surface area contributed by atoms with Gasteiger partial charge in [0.05, 0.1) is 62.3 Å². The predicted molar refractivity (Wildman–Crippen MR) is 145 cm³/mol. The molecule has 15 heteroatoms. The van der Waals surface area contributed by atoms with E-state index in [0.717, 1.165) is 6.21 Å². The molecule has 0 saturated heterocycles. The molecule has 15 nitrogen and oxygen atoms in total. The third-order valence-corrected chi connectivity index (χ3v) is 5.83. The van der Waals surface area contributed by atoms with Gasteiger partial charge in [-0.05, 0) is 37.6 Å². The van der Waals surface area contributed by atoms with Crippen LogP contribution < -0.4 is 35.0 Å². The van der Waals surface area contributed by atoms with Gasteiger partial charge in [-0.2, -0.15) is 5.10 Å². The molecule has 2 aromatic carbocycles. The number of esters is 1. The van der Waals surface area contributed by atoms with Crippen molar-refractivity contribution in [3.05, 3.63) is 62.8 Å². The Balaban J connectivity index is 1.74. The van der Waals surface area contributed by atoms with Crippen LogP contribution in [0.5, 0.6) is 23.0 Å². The number of carbonyl (C=O) groups excluding carboxylic acids is 2. The van der Waals surface area contributed by atoms with Gasteiger partial charge in [0, 0.05) is 5.70 Å². The monoisotopic (exact) mass is 573 g/mol. The number of nitro groups is 1. The van der Waals surface area contributed by atoms with Crippen molar-refractivity contribution in [2.75, 3.05) is 34.5 Å². The van der Waals surface area contributed by atoms with E-state index < -0.39 is 29.2 Å². The van der Waals surface area contributed by atoms with Gasteiger partial charge in [-0.1, -0.05) is 6.07 Å². The molecule has 3 rings (SSSR count). The fourth-order valence-corrected chi connectivity index (χ4v) is 3.96. The summed E-state index contributed by atoms with van der Waals surface area (Å²) in [5, 5.41) is 30.9. The van der Waals surface area contributed by atoms with Crippen LogP contribution in [0.25, 0.3) is 0 Å². The van der Waals surface area contributed by atoms with Crippen molar-refractivity contribution in [2.24, 2.45) is 5.10 Å². The van der Waals surface area contributed by atoms with E-state index in [1.807, 2.05) is 0 Å². The van der Waals surface area contributed by atoms with Crippen LogP contribution in [0.2, 0.25) is 0 Å². The first kappa shape index (κ1) is 30.5. The molecule has 1 aliphatic rings. The summed E-state index contributed by atoms with van der Waals surface area (Å²) in [5.74, 6) is 0.423. The van der Waals surface area contributed by atoms with Gasteiger partial charge in [-0.25, -0.2) is 9.59 Å². The molecule has 0 bridgehead atoms. The van der Waals surface area contributed by atoms with Crippen molar-refractivity contribution in [3.63, 3.8) is 0 Å². The minimum atomic E-state index is -1.31. The summed E-state index contributed by atoms with van der Waals surface area (Å²) in [7, 11) is 4.00. The number of hydrogen-bond acceptors (Lipinski definition) is 12. The summed E-state index contributed by atoms with van der Waals surface area (Å²) in [6.07, 6.45) is -0.148. The Bertz CT molecular complexity index is 1360. The number of nitrogens with zero attached hydrogens (tertiary/aromatic N) is 2.